The number of hydrogen-bond acceptors (Lipinski definition) is 1. The second-order valence-corrected chi connectivity index (χ2v) is 6.66. The Morgan fingerprint density at radius 2 is 2.05 bits per heavy atom. The molecule has 3 heteroatoms. The summed E-state index contributed by atoms with van der Waals surface area (Å²) in [5, 5.41) is 0. The number of nitrogens with zero attached hydrogens (tertiary/aromatic N) is 2. The van der Waals surface area contributed by atoms with Crippen LogP contribution in [0.4, 0.5) is 0 Å². The highest BCUT2D eigenvalue weighted by Gasteiger charge is 2.28. The van der Waals surface area contributed by atoms with Gasteiger partial charge in [0.05, 0.1) is 16.9 Å². The molecule has 3 unspecified atom stereocenters. The first kappa shape index (κ1) is 13.9. The van der Waals surface area contributed by atoms with Crippen molar-refractivity contribution in [1.82, 2.24) is 9.55 Å². The van der Waals surface area contributed by atoms with Crippen LogP contribution in [0.5, 0.6) is 0 Å². The third kappa shape index (κ3) is 2.24. The van der Waals surface area contributed by atoms with Gasteiger partial charge in [0.25, 0.3) is 0 Å². The van der Waals surface area contributed by atoms with Crippen molar-refractivity contribution < 1.29 is 0 Å². The summed E-state index contributed by atoms with van der Waals surface area (Å²) in [7, 11) is 0. The largest absolute Gasteiger partial charge is 0.324 e. The van der Waals surface area contributed by atoms with E-state index in [4.69, 9.17) is 16.6 Å². The number of hydrogen-bond donors (Lipinski definition) is 0. The number of imidazole rings is 1. The SMILES string of the molecule is Cc1cccc2c1nc(CCl)n2C1CCC(C)C(C)C1. The highest BCUT2D eigenvalue weighted by molar-refractivity contribution is 6.16. The van der Waals surface area contributed by atoms with Crippen molar-refractivity contribution in [3.05, 3.63) is 29.6 Å². The molecule has 1 aromatic carbocycles. The maximum atomic E-state index is 6.16. The van der Waals surface area contributed by atoms with Gasteiger partial charge in [-0.3, -0.25) is 0 Å². The van der Waals surface area contributed by atoms with Crippen molar-refractivity contribution in [3.8, 4) is 0 Å². The monoisotopic (exact) mass is 290 g/mol. The van der Waals surface area contributed by atoms with E-state index in [1.165, 1.54) is 30.3 Å². The van der Waals surface area contributed by atoms with E-state index in [0.717, 1.165) is 23.2 Å². The average Bonchev–Trinajstić information content (AvgIpc) is 2.82. The Kier molecular flexibility index (Phi) is 3.76. The van der Waals surface area contributed by atoms with E-state index in [2.05, 4.69) is 43.5 Å². The van der Waals surface area contributed by atoms with Gasteiger partial charge in [-0.2, -0.15) is 0 Å². The minimum absolute atomic E-state index is 0.495. The smallest absolute Gasteiger partial charge is 0.125 e. The number of para-hydroxylation sites is 1. The molecule has 0 spiro atoms. The van der Waals surface area contributed by atoms with Crippen LogP contribution in [0.1, 0.15) is 50.5 Å². The third-order valence-corrected chi connectivity index (χ3v) is 5.29. The van der Waals surface area contributed by atoms with Crippen LogP contribution in [0.25, 0.3) is 11.0 Å². The Morgan fingerprint density at radius 1 is 1.25 bits per heavy atom. The van der Waals surface area contributed by atoms with Gasteiger partial charge in [0.15, 0.2) is 0 Å². The van der Waals surface area contributed by atoms with Crippen molar-refractivity contribution in [2.75, 3.05) is 0 Å². The minimum atomic E-state index is 0.495. The highest BCUT2D eigenvalue weighted by atomic mass is 35.5. The first-order valence-electron chi connectivity index (χ1n) is 7.64. The van der Waals surface area contributed by atoms with E-state index in [0.29, 0.717) is 11.9 Å². The van der Waals surface area contributed by atoms with Gasteiger partial charge in [-0.1, -0.05) is 26.0 Å². The van der Waals surface area contributed by atoms with Crippen LogP contribution in [0.3, 0.4) is 0 Å². The zero-order valence-corrected chi connectivity index (χ0v) is 13.3. The summed E-state index contributed by atoms with van der Waals surface area (Å²) in [6.07, 6.45) is 3.79. The fraction of sp³-hybridized carbons (Fsp3) is 0.588. The number of benzene rings is 1. The Bertz CT molecular complexity index is 617. The van der Waals surface area contributed by atoms with Crippen LogP contribution in [-0.2, 0) is 5.88 Å². The Labute approximate surface area is 126 Å². The first-order valence-corrected chi connectivity index (χ1v) is 8.17. The molecule has 20 heavy (non-hydrogen) atoms. The lowest BCUT2D eigenvalue weighted by molar-refractivity contribution is 0.211. The second kappa shape index (κ2) is 5.40. The van der Waals surface area contributed by atoms with Crippen LogP contribution < -0.4 is 0 Å². The van der Waals surface area contributed by atoms with Crippen LogP contribution in [0.15, 0.2) is 18.2 Å². The topological polar surface area (TPSA) is 17.8 Å². The van der Waals surface area contributed by atoms with Gasteiger partial charge in [-0.25, -0.2) is 4.98 Å². The van der Waals surface area contributed by atoms with Crippen molar-refractivity contribution in [3.63, 3.8) is 0 Å². The zero-order chi connectivity index (χ0) is 14.3. The lowest BCUT2D eigenvalue weighted by atomic mass is 9.79. The molecule has 1 heterocycles. The molecule has 1 aromatic heterocycles. The Balaban J connectivity index is 2.08. The molecule has 0 radical (unpaired) electrons. The Morgan fingerprint density at radius 3 is 2.75 bits per heavy atom. The van der Waals surface area contributed by atoms with Gasteiger partial charge in [-0.15, -0.1) is 11.6 Å². The summed E-state index contributed by atoms with van der Waals surface area (Å²) in [6, 6.07) is 7.00. The van der Waals surface area contributed by atoms with Gasteiger partial charge in [0.1, 0.15) is 5.82 Å². The summed E-state index contributed by atoms with van der Waals surface area (Å²) >= 11 is 6.16. The molecule has 2 nitrogen and oxygen atoms in total. The summed E-state index contributed by atoms with van der Waals surface area (Å²) < 4.78 is 2.41. The molecule has 1 aliphatic rings. The van der Waals surface area contributed by atoms with E-state index in [1.54, 1.807) is 0 Å². The van der Waals surface area contributed by atoms with E-state index in [1.807, 2.05) is 0 Å². The lowest BCUT2D eigenvalue weighted by Crippen LogP contribution is -2.24. The molecular weight excluding hydrogens is 268 g/mol. The molecule has 0 saturated heterocycles. The van der Waals surface area contributed by atoms with Gasteiger partial charge >= 0.3 is 0 Å². The van der Waals surface area contributed by atoms with Crippen molar-refractivity contribution in [2.45, 2.75) is 52.0 Å². The molecule has 0 amide bonds. The maximum Gasteiger partial charge on any atom is 0.125 e. The minimum Gasteiger partial charge on any atom is -0.324 e. The predicted molar refractivity (Wildman–Crippen MR) is 85.2 cm³/mol. The normalized spacial score (nSPS) is 27.1. The molecule has 0 bridgehead atoms. The van der Waals surface area contributed by atoms with E-state index in [-0.39, 0.29) is 0 Å². The molecule has 0 aliphatic heterocycles. The van der Waals surface area contributed by atoms with Gasteiger partial charge in [0.2, 0.25) is 0 Å². The van der Waals surface area contributed by atoms with Crippen LogP contribution >= 0.6 is 11.6 Å². The Hall–Kier alpha value is -1.02. The fourth-order valence-electron chi connectivity index (χ4n) is 3.56. The molecule has 3 atom stereocenters. The van der Waals surface area contributed by atoms with Crippen molar-refractivity contribution >= 4 is 22.6 Å². The van der Waals surface area contributed by atoms with Crippen LogP contribution in [-0.4, -0.2) is 9.55 Å². The lowest BCUT2D eigenvalue weighted by Gasteiger charge is -2.33. The molecule has 1 fully saturated rings. The average molecular weight is 291 g/mol. The van der Waals surface area contributed by atoms with E-state index >= 15 is 0 Å². The van der Waals surface area contributed by atoms with Gasteiger partial charge < -0.3 is 4.57 Å². The quantitative estimate of drug-likeness (QED) is 0.705. The highest BCUT2D eigenvalue weighted by Crippen LogP contribution is 2.38. The molecule has 2 aromatic rings. The third-order valence-electron chi connectivity index (χ3n) is 5.05. The zero-order valence-electron chi connectivity index (χ0n) is 12.6. The number of rotatable bonds is 2. The van der Waals surface area contributed by atoms with Crippen LogP contribution in [0.2, 0.25) is 0 Å². The molecule has 108 valence electrons. The van der Waals surface area contributed by atoms with Gasteiger partial charge in [-0.05, 0) is 49.7 Å². The van der Waals surface area contributed by atoms with E-state index in [9.17, 15) is 0 Å². The summed E-state index contributed by atoms with van der Waals surface area (Å²) in [5.74, 6) is 3.14. The fourth-order valence-corrected chi connectivity index (χ4v) is 3.75. The number of aryl methyl sites for hydroxylation is 1. The number of alkyl halides is 1. The van der Waals surface area contributed by atoms with Crippen molar-refractivity contribution in [2.24, 2.45) is 11.8 Å². The number of halogens is 1. The standard InChI is InChI=1S/C17H23ClN2/c1-11-7-8-14(9-13(11)3)20-15-6-4-5-12(2)17(15)19-16(20)10-18/h4-6,11,13-14H,7-10H2,1-3H3. The maximum absolute atomic E-state index is 6.16. The first-order chi connectivity index (χ1) is 9.61. The second-order valence-electron chi connectivity index (χ2n) is 6.40. The molecule has 1 aliphatic carbocycles. The summed E-state index contributed by atoms with van der Waals surface area (Å²) in [6.45, 7) is 6.88. The van der Waals surface area contributed by atoms with Crippen molar-refractivity contribution in [1.29, 1.82) is 0 Å². The number of fused-ring (bicyclic) bond motifs is 1. The van der Waals surface area contributed by atoms with Crippen LogP contribution in [0, 0.1) is 18.8 Å². The number of aromatic nitrogens is 2. The molecule has 1 saturated carbocycles. The summed E-state index contributed by atoms with van der Waals surface area (Å²) in [4.78, 5) is 4.78. The molecule has 0 N–H and O–H groups in total. The molecular formula is C17H23ClN2. The van der Waals surface area contributed by atoms with E-state index < -0.39 is 0 Å². The predicted octanol–water partition coefficient (Wildman–Crippen LogP) is 5.08. The van der Waals surface area contributed by atoms with Gasteiger partial charge in [0, 0.05) is 6.04 Å². The summed E-state index contributed by atoms with van der Waals surface area (Å²) in [5.41, 5.74) is 3.62. The molecule has 3 rings (SSSR count).